The van der Waals surface area contributed by atoms with Crippen molar-refractivity contribution in [1.29, 1.82) is 0 Å². The Morgan fingerprint density at radius 1 is 1.50 bits per heavy atom. The molecule has 1 aromatic carbocycles. The highest BCUT2D eigenvalue weighted by Gasteiger charge is 1.97. The number of thioether (sulfide) groups is 1. The van der Waals surface area contributed by atoms with Crippen molar-refractivity contribution < 1.29 is 12.4 Å². The molecule has 0 bridgehead atoms. The first-order chi connectivity index (χ1) is 5.24. The van der Waals surface area contributed by atoms with Crippen LogP contribution < -0.4 is 18.1 Å². The molecule has 0 aliphatic rings. The van der Waals surface area contributed by atoms with Crippen molar-refractivity contribution >= 4 is 29.1 Å². The summed E-state index contributed by atoms with van der Waals surface area (Å²) in [5, 5.41) is 0.697. The van der Waals surface area contributed by atoms with Gasteiger partial charge in [-0.1, -0.05) is 18.5 Å². The fourth-order valence-electron chi connectivity index (χ4n) is 0.806. The quantitative estimate of drug-likeness (QED) is 0.566. The molecule has 1 nitrogen and oxygen atoms in total. The second-order valence-corrected chi connectivity index (χ2v) is 3.86. The van der Waals surface area contributed by atoms with Crippen LogP contribution in [0.1, 0.15) is 6.92 Å². The number of hydrogen-bond donors (Lipinski definition) is 1. The summed E-state index contributed by atoms with van der Waals surface area (Å²) in [6, 6.07) is 5.58. The van der Waals surface area contributed by atoms with E-state index in [9.17, 15) is 0 Å². The molecule has 2 N–H and O–H groups in total. The lowest BCUT2D eigenvalue weighted by atomic mass is 10.3. The van der Waals surface area contributed by atoms with Crippen molar-refractivity contribution in [3.8, 4) is 0 Å². The predicted octanol–water partition coefficient (Wildman–Crippen LogP) is 0.0382. The van der Waals surface area contributed by atoms with E-state index in [0.717, 1.165) is 16.3 Å². The zero-order valence-corrected chi connectivity index (χ0v) is 9.01. The first kappa shape index (κ1) is 11.9. The second kappa shape index (κ2) is 5.57. The van der Waals surface area contributed by atoms with E-state index >= 15 is 0 Å². The Kier molecular flexibility index (Phi) is 5.55. The summed E-state index contributed by atoms with van der Waals surface area (Å²) in [7, 11) is 0. The minimum Gasteiger partial charge on any atom is -1.00 e. The average molecular weight is 223 g/mol. The highest BCUT2D eigenvalue weighted by atomic mass is 35.5. The lowest BCUT2D eigenvalue weighted by Gasteiger charge is -2.02. The topological polar surface area (TPSA) is 26.0 Å². The lowest BCUT2D eigenvalue weighted by Crippen LogP contribution is -3.00. The Balaban J connectivity index is 0.00000121. The summed E-state index contributed by atoms with van der Waals surface area (Å²) in [6.07, 6.45) is 0. The Morgan fingerprint density at radius 3 is 2.67 bits per heavy atom. The van der Waals surface area contributed by atoms with Gasteiger partial charge in [0.1, 0.15) is 0 Å². The molecule has 0 aliphatic carbocycles. The SMILES string of the molecule is CCSc1ccc(Cl)cc1N.[Cl-]. The van der Waals surface area contributed by atoms with E-state index in [2.05, 4.69) is 6.92 Å². The Morgan fingerprint density at radius 2 is 2.17 bits per heavy atom. The molecule has 0 aromatic heterocycles. The predicted molar refractivity (Wildman–Crippen MR) is 52.3 cm³/mol. The molecule has 0 fully saturated rings. The van der Waals surface area contributed by atoms with E-state index in [1.807, 2.05) is 12.1 Å². The molecule has 0 atom stereocenters. The maximum absolute atomic E-state index is 5.73. The van der Waals surface area contributed by atoms with E-state index in [-0.39, 0.29) is 12.4 Å². The number of benzene rings is 1. The van der Waals surface area contributed by atoms with Gasteiger partial charge in [0.25, 0.3) is 0 Å². The maximum atomic E-state index is 5.73. The Labute approximate surface area is 88.1 Å². The number of rotatable bonds is 2. The molecule has 0 spiro atoms. The van der Waals surface area contributed by atoms with Crippen LogP contribution in [0.2, 0.25) is 5.02 Å². The van der Waals surface area contributed by atoms with Gasteiger partial charge in [0, 0.05) is 15.6 Å². The third-order valence-electron chi connectivity index (χ3n) is 1.27. The molecular formula is C8H10Cl2NS-. The van der Waals surface area contributed by atoms with Crippen LogP contribution in [0, 0.1) is 0 Å². The van der Waals surface area contributed by atoms with Gasteiger partial charge in [-0.05, 0) is 24.0 Å². The molecular weight excluding hydrogens is 213 g/mol. The van der Waals surface area contributed by atoms with Crippen LogP contribution >= 0.6 is 23.4 Å². The minimum atomic E-state index is 0. The van der Waals surface area contributed by atoms with Crippen molar-refractivity contribution in [2.45, 2.75) is 11.8 Å². The molecule has 0 amide bonds. The fourth-order valence-corrected chi connectivity index (χ4v) is 1.69. The van der Waals surface area contributed by atoms with Gasteiger partial charge in [0.15, 0.2) is 0 Å². The molecule has 0 heterocycles. The van der Waals surface area contributed by atoms with Crippen LogP contribution in [0.3, 0.4) is 0 Å². The first-order valence-corrected chi connectivity index (χ1v) is 4.78. The van der Waals surface area contributed by atoms with Crippen LogP contribution in [-0.4, -0.2) is 5.75 Å². The number of hydrogen-bond acceptors (Lipinski definition) is 2. The molecule has 0 saturated heterocycles. The Bertz CT molecular complexity index is 253. The standard InChI is InChI=1S/C8H10ClNS.ClH/c1-2-11-8-4-3-6(9)5-7(8)10;/h3-5H,2,10H2,1H3;1H/p-1. The van der Waals surface area contributed by atoms with E-state index in [0.29, 0.717) is 5.02 Å². The molecule has 0 unspecified atom stereocenters. The number of nitrogens with two attached hydrogens (primary N) is 1. The van der Waals surface area contributed by atoms with Gasteiger partial charge >= 0.3 is 0 Å². The van der Waals surface area contributed by atoms with Gasteiger partial charge in [-0.25, -0.2) is 0 Å². The first-order valence-electron chi connectivity index (χ1n) is 3.42. The van der Waals surface area contributed by atoms with E-state index in [1.54, 1.807) is 17.8 Å². The summed E-state index contributed by atoms with van der Waals surface area (Å²) in [6.45, 7) is 2.10. The maximum Gasteiger partial charge on any atom is 0.0467 e. The van der Waals surface area contributed by atoms with Crippen molar-refractivity contribution in [3.05, 3.63) is 23.2 Å². The van der Waals surface area contributed by atoms with E-state index in [4.69, 9.17) is 17.3 Å². The zero-order chi connectivity index (χ0) is 8.27. The molecule has 0 radical (unpaired) electrons. The van der Waals surface area contributed by atoms with Gasteiger partial charge in [-0.2, -0.15) is 0 Å². The Hall–Kier alpha value is -0.0500. The number of anilines is 1. The summed E-state index contributed by atoms with van der Waals surface area (Å²) >= 11 is 7.45. The van der Waals surface area contributed by atoms with E-state index < -0.39 is 0 Å². The number of nitrogen functional groups attached to an aromatic ring is 1. The number of halogens is 2. The molecule has 0 aliphatic heterocycles. The molecule has 0 saturated carbocycles. The van der Waals surface area contributed by atoms with Gasteiger partial charge in [0.2, 0.25) is 0 Å². The highest BCUT2D eigenvalue weighted by molar-refractivity contribution is 7.99. The van der Waals surface area contributed by atoms with Crippen LogP contribution in [0.5, 0.6) is 0 Å². The normalized spacial score (nSPS) is 9.17. The highest BCUT2D eigenvalue weighted by Crippen LogP contribution is 2.26. The lowest BCUT2D eigenvalue weighted by molar-refractivity contribution is -0.00000220. The van der Waals surface area contributed by atoms with Crippen molar-refractivity contribution in [1.82, 2.24) is 0 Å². The van der Waals surface area contributed by atoms with Gasteiger partial charge in [0.05, 0.1) is 0 Å². The van der Waals surface area contributed by atoms with Crippen LogP contribution in [0.4, 0.5) is 5.69 Å². The molecule has 4 heteroatoms. The zero-order valence-electron chi connectivity index (χ0n) is 6.68. The van der Waals surface area contributed by atoms with Crippen LogP contribution in [-0.2, 0) is 0 Å². The van der Waals surface area contributed by atoms with Gasteiger partial charge in [-0.15, -0.1) is 11.8 Å². The monoisotopic (exact) mass is 222 g/mol. The summed E-state index contributed by atoms with van der Waals surface area (Å²) < 4.78 is 0. The van der Waals surface area contributed by atoms with Gasteiger partial charge in [-0.3, -0.25) is 0 Å². The van der Waals surface area contributed by atoms with Crippen LogP contribution in [0.15, 0.2) is 23.1 Å². The minimum absolute atomic E-state index is 0. The average Bonchev–Trinajstić information content (AvgIpc) is 1.95. The van der Waals surface area contributed by atoms with E-state index in [1.165, 1.54) is 0 Å². The molecule has 68 valence electrons. The fraction of sp³-hybridized carbons (Fsp3) is 0.250. The van der Waals surface area contributed by atoms with Crippen molar-refractivity contribution in [2.24, 2.45) is 0 Å². The smallest absolute Gasteiger partial charge is 0.0467 e. The molecule has 1 rings (SSSR count). The summed E-state index contributed by atoms with van der Waals surface area (Å²) in [4.78, 5) is 1.11. The van der Waals surface area contributed by atoms with Crippen LogP contribution in [0.25, 0.3) is 0 Å². The summed E-state index contributed by atoms with van der Waals surface area (Å²) in [5.41, 5.74) is 6.47. The molecule has 12 heavy (non-hydrogen) atoms. The second-order valence-electron chi connectivity index (χ2n) is 2.12. The third kappa shape index (κ3) is 3.13. The van der Waals surface area contributed by atoms with Gasteiger partial charge < -0.3 is 18.1 Å². The molecule has 1 aromatic rings. The third-order valence-corrected chi connectivity index (χ3v) is 2.48. The van der Waals surface area contributed by atoms with Crippen molar-refractivity contribution in [2.75, 3.05) is 11.5 Å². The van der Waals surface area contributed by atoms with Crippen molar-refractivity contribution in [3.63, 3.8) is 0 Å². The largest absolute Gasteiger partial charge is 1.00 e. The summed E-state index contributed by atoms with van der Waals surface area (Å²) in [5.74, 6) is 1.03.